The summed E-state index contributed by atoms with van der Waals surface area (Å²) in [6.45, 7) is 6.03. The third kappa shape index (κ3) is 1.56. The normalized spacial score (nSPS) is 24.4. The third-order valence-electron chi connectivity index (χ3n) is 3.57. The molecule has 3 nitrogen and oxygen atoms in total. The van der Waals surface area contributed by atoms with Gasteiger partial charge in [0.05, 0.1) is 5.41 Å². The monoisotopic (exact) mass is 219 g/mol. The molecule has 16 heavy (non-hydrogen) atoms. The Hall–Kier alpha value is -1.51. The maximum absolute atomic E-state index is 11.4. The molecule has 0 aliphatic carbocycles. The summed E-state index contributed by atoms with van der Waals surface area (Å²) in [5.74, 6) is 0.643. The fourth-order valence-corrected chi connectivity index (χ4v) is 2.29. The van der Waals surface area contributed by atoms with Crippen LogP contribution < -0.4 is 5.32 Å². The Bertz CT molecular complexity index is 408. The molecule has 1 aliphatic heterocycles. The topological polar surface area (TPSA) is 49.3 Å². The minimum Gasteiger partial charge on any atom is -0.508 e. The van der Waals surface area contributed by atoms with E-state index < -0.39 is 0 Å². The SMILES string of the molecule is CC(c1ccc(O)cc1)C1NC(=O)C1(C)C. The van der Waals surface area contributed by atoms with Crippen molar-refractivity contribution in [3.63, 3.8) is 0 Å². The number of amides is 1. The summed E-state index contributed by atoms with van der Waals surface area (Å²) >= 11 is 0. The Morgan fingerprint density at radius 3 is 2.31 bits per heavy atom. The molecule has 1 heterocycles. The number of benzene rings is 1. The van der Waals surface area contributed by atoms with Gasteiger partial charge in [0.25, 0.3) is 0 Å². The molecule has 0 radical (unpaired) electrons. The summed E-state index contributed by atoms with van der Waals surface area (Å²) < 4.78 is 0. The first kappa shape index (κ1) is 11.0. The highest BCUT2D eigenvalue weighted by Gasteiger charge is 2.49. The summed E-state index contributed by atoms with van der Waals surface area (Å²) in [7, 11) is 0. The first-order valence-electron chi connectivity index (χ1n) is 5.53. The van der Waals surface area contributed by atoms with Crippen LogP contribution in [0.5, 0.6) is 5.75 Å². The van der Waals surface area contributed by atoms with Crippen molar-refractivity contribution in [2.24, 2.45) is 5.41 Å². The predicted molar refractivity (Wildman–Crippen MR) is 62.2 cm³/mol. The van der Waals surface area contributed by atoms with Gasteiger partial charge in [-0.25, -0.2) is 0 Å². The molecule has 1 fully saturated rings. The maximum atomic E-state index is 11.4. The molecular weight excluding hydrogens is 202 g/mol. The molecule has 2 rings (SSSR count). The highest BCUT2D eigenvalue weighted by atomic mass is 16.3. The van der Waals surface area contributed by atoms with Crippen molar-refractivity contribution in [2.75, 3.05) is 0 Å². The number of phenols is 1. The summed E-state index contributed by atoms with van der Waals surface area (Å²) in [4.78, 5) is 11.4. The van der Waals surface area contributed by atoms with Crippen LogP contribution in [0.1, 0.15) is 32.3 Å². The Labute approximate surface area is 95.5 Å². The Balaban J connectivity index is 2.18. The van der Waals surface area contributed by atoms with Gasteiger partial charge in [-0.15, -0.1) is 0 Å². The lowest BCUT2D eigenvalue weighted by Gasteiger charge is -2.47. The molecule has 0 bridgehead atoms. The van der Waals surface area contributed by atoms with Gasteiger partial charge in [-0.3, -0.25) is 4.79 Å². The number of hydrogen-bond acceptors (Lipinski definition) is 2. The molecule has 2 N–H and O–H groups in total. The van der Waals surface area contributed by atoms with Gasteiger partial charge in [0, 0.05) is 12.0 Å². The number of nitrogens with one attached hydrogen (secondary N) is 1. The van der Waals surface area contributed by atoms with E-state index in [0.717, 1.165) is 5.56 Å². The zero-order chi connectivity index (χ0) is 11.9. The van der Waals surface area contributed by atoms with Crippen LogP contribution in [0.15, 0.2) is 24.3 Å². The van der Waals surface area contributed by atoms with Gasteiger partial charge in [0.15, 0.2) is 0 Å². The van der Waals surface area contributed by atoms with E-state index in [9.17, 15) is 9.90 Å². The number of β-lactam (4-membered cyclic amide) rings is 1. The predicted octanol–water partition coefficient (Wildman–Crippen LogP) is 2.02. The average molecular weight is 219 g/mol. The van der Waals surface area contributed by atoms with Crippen LogP contribution in [0, 0.1) is 5.41 Å². The number of aromatic hydroxyl groups is 1. The largest absolute Gasteiger partial charge is 0.508 e. The second kappa shape index (κ2) is 3.51. The van der Waals surface area contributed by atoms with Crippen LogP contribution in [-0.4, -0.2) is 17.1 Å². The highest BCUT2D eigenvalue weighted by molar-refractivity contribution is 5.89. The third-order valence-corrected chi connectivity index (χ3v) is 3.57. The van der Waals surface area contributed by atoms with Crippen LogP contribution in [0.25, 0.3) is 0 Å². The molecule has 1 aromatic rings. The molecule has 2 atom stereocenters. The molecule has 0 spiro atoms. The molecule has 0 saturated carbocycles. The second-order valence-electron chi connectivity index (χ2n) is 5.05. The van der Waals surface area contributed by atoms with Crippen LogP contribution >= 0.6 is 0 Å². The summed E-state index contributed by atoms with van der Waals surface area (Å²) in [5.41, 5.74) is 0.841. The zero-order valence-electron chi connectivity index (χ0n) is 9.82. The van der Waals surface area contributed by atoms with E-state index in [2.05, 4.69) is 12.2 Å². The lowest BCUT2D eigenvalue weighted by atomic mass is 9.69. The van der Waals surface area contributed by atoms with E-state index in [1.165, 1.54) is 0 Å². The average Bonchev–Trinajstić information content (AvgIpc) is 2.26. The molecule has 1 aliphatic rings. The quantitative estimate of drug-likeness (QED) is 0.748. The number of hydrogen-bond donors (Lipinski definition) is 2. The first-order chi connectivity index (χ1) is 7.43. The van der Waals surface area contributed by atoms with Crippen LogP contribution in [0.2, 0.25) is 0 Å². The number of carbonyl (C=O) groups excluding carboxylic acids is 1. The fourth-order valence-electron chi connectivity index (χ4n) is 2.29. The summed E-state index contributed by atoms with van der Waals surface area (Å²) in [5, 5.41) is 12.2. The second-order valence-corrected chi connectivity index (χ2v) is 5.05. The van der Waals surface area contributed by atoms with Crippen molar-refractivity contribution in [3.05, 3.63) is 29.8 Å². The van der Waals surface area contributed by atoms with Gasteiger partial charge >= 0.3 is 0 Å². The number of phenolic OH excluding ortho intramolecular Hbond substituents is 1. The van der Waals surface area contributed by atoms with E-state index in [1.807, 2.05) is 26.0 Å². The molecule has 1 aromatic carbocycles. The summed E-state index contributed by atoms with van der Waals surface area (Å²) in [6, 6.07) is 7.34. The number of carbonyl (C=O) groups is 1. The summed E-state index contributed by atoms with van der Waals surface area (Å²) in [6.07, 6.45) is 0. The van der Waals surface area contributed by atoms with Crippen LogP contribution in [0.3, 0.4) is 0 Å². The van der Waals surface area contributed by atoms with Crippen molar-refractivity contribution in [1.29, 1.82) is 0 Å². The minimum atomic E-state index is -0.294. The van der Waals surface area contributed by atoms with Gasteiger partial charge < -0.3 is 10.4 Å². The van der Waals surface area contributed by atoms with Crippen LogP contribution in [0.4, 0.5) is 0 Å². The molecule has 1 amide bonds. The number of rotatable bonds is 2. The lowest BCUT2D eigenvalue weighted by Crippen LogP contribution is -2.66. The van der Waals surface area contributed by atoms with Crippen molar-refractivity contribution >= 4 is 5.91 Å². The molecule has 1 saturated heterocycles. The van der Waals surface area contributed by atoms with Gasteiger partial charge in [-0.2, -0.15) is 0 Å². The van der Waals surface area contributed by atoms with Gasteiger partial charge in [-0.1, -0.05) is 19.1 Å². The van der Waals surface area contributed by atoms with Gasteiger partial charge in [-0.05, 0) is 31.5 Å². The standard InChI is InChI=1S/C13H17NO2/c1-8(9-4-6-10(15)7-5-9)11-13(2,3)12(16)14-11/h4-8,11,15H,1-3H3,(H,14,16). The van der Waals surface area contributed by atoms with Crippen molar-refractivity contribution in [2.45, 2.75) is 32.7 Å². The van der Waals surface area contributed by atoms with E-state index in [0.29, 0.717) is 0 Å². The van der Waals surface area contributed by atoms with Crippen molar-refractivity contribution in [3.8, 4) is 5.75 Å². The fraction of sp³-hybridized carbons (Fsp3) is 0.462. The van der Waals surface area contributed by atoms with Gasteiger partial charge in [0.1, 0.15) is 5.75 Å². The zero-order valence-corrected chi connectivity index (χ0v) is 9.82. The molecular formula is C13H17NO2. The van der Waals surface area contributed by atoms with Gasteiger partial charge in [0.2, 0.25) is 5.91 Å². The molecule has 3 heteroatoms. The Kier molecular flexibility index (Phi) is 2.41. The van der Waals surface area contributed by atoms with E-state index in [1.54, 1.807) is 12.1 Å². The van der Waals surface area contributed by atoms with E-state index in [-0.39, 0.29) is 29.0 Å². The minimum absolute atomic E-state index is 0.114. The van der Waals surface area contributed by atoms with Crippen LogP contribution in [-0.2, 0) is 4.79 Å². The first-order valence-corrected chi connectivity index (χ1v) is 5.53. The molecule has 86 valence electrons. The lowest BCUT2D eigenvalue weighted by molar-refractivity contribution is -0.143. The Morgan fingerprint density at radius 2 is 1.88 bits per heavy atom. The smallest absolute Gasteiger partial charge is 0.228 e. The maximum Gasteiger partial charge on any atom is 0.228 e. The Morgan fingerprint density at radius 1 is 1.31 bits per heavy atom. The highest BCUT2D eigenvalue weighted by Crippen LogP contribution is 2.38. The van der Waals surface area contributed by atoms with E-state index in [4.69, 9.17) is 0 Å². The molecule has 0 aromatic heterocycles. The van der Waals surface area contributed by atoms with Crippen molar-refractivity contribution in [1.82, 2.24) is 5.32 Å². The van der Waals surface area contributed by atoms with E-state index >= 15 is 0 Å². The van der Waals surface area contributed by atoms with Crippen molar-refractivity contribution < 1.29 is 9.90 Å². The molecule has 2 unspecified atom stereocenters.